The van der Waals surface area contributed by atoms with Crippen molar-refractivity contribution >= 4 is 23.2 Å². The van der Waals surface area contributed by atoms with Gasteiger partial charge in [-0.1, -0.05) is 36.4 Å². The molecular formula is C25H22N2O4. The van der Waals surface area contributed by atoms with Gasteiger partial charge in [0.25, 0.3) is 0 Å². The van der Waals surface area contributed by atoms with E-state index in [1.54, 1.807) is 49.6 Å². The predicted molar refractivity (Wildman–Crippen MR) is 118 cm³/mol. The van der Waals surface area contributed by atoms with Gasteiger partial charge in [0, 0.05) is 34.5 Å². The molecule has 0 spiro atoms. The number of amides is 1. The molecular weight excluding hydrogens is 392 g/mol. The van der Waals surface area contributed by atoms with Gasteiger partial charge < -0.3 is 10.1 Å². The van der Waals surface area contributed by atoms with Crippen molar-refractivity contribution in [2.45, 2.75) is 6.54 Å². The second kappa shape index (κ2) is 8.53. The minimum absolute atomic E-state index is 0.171. The Morgan fingerprint density at radius 1 is 0.871 bits per heavy atom. The number of hydrogen-bond donors (Lipinski definition) is 1. The minimum atomic E-state index is -0.212. The van der Waals surface area contributed by atoms with Crippen molar-refractivity contribution in [3.8, 4) is 5.75 Å². The van der Waals surface area contributed by atoms with Crippen LogP contribution in [-0.4, -0.2) is 43.1 Å². The van der Waals surface area contributed by atoms with Crippen molar-refractivity contribution in [2.75, 3.05) is 26.0 Å². The number of carbonyl (C=O) groups excluding carboxylic acids is 3. The molecule has 1 amide bonds. The number of hydrogen-bond acceptors (Lipinski definition) is 5. The number of benzene rings is 3. The zero-order valence-corrected chi connectivity index (χ0v) is 17.3. The first-order valence-corrected chi connectivity index (χ1v) is 9.90. The van der Waals surface area contributed by atoms with E-state index in [1.807, 2.05) is 36.2 Å². The minimum Gasteiger partial charge on any atom is -0.497 e. The zero-order chi connectivity index (χ0) is 22.0. The first kappa shape index (κ1) is 20.5. The standard InChI is InChI=1S/C25H22N2O4/c1-27(14-16-6-5-7-18(12-16)31-2)15-23(28)26-17-10-11-21-22(13-17)25(30)20-9-4-3-8-19(20)24(21)29/h3-13H,14-15H2,1-2H3,(H,26,28). The van der Waals surface area contributed by atoms with Crippen molar-refractivity contribution in [2.24, 2.45) is 0 Å². The number of likely N-dealkylation sites (N-methyl/N-ethyl adjacent to an activating group) is 1. The van der Waals surface area contributed by atoms with Gasteiger partial charge in [0.1, 0.15) is 5.75 Å². The Hall–Kier alpha value is -3.77. The summed E-state index contributed by atoms with van der Waals surface area (Å²) < 4.78 is 5.23. The van der Waals surface area contributed by atoms with Crippen LogP contribution in [0.5, 0.6) is 5.75 Å². The van der Waals surface area contributed by atoms with Gasteiger partial charge in [-0.05, 0) is 42.9 Å². The van der Waals surface area contributed by atoms with Gasteiger partial charge in [-0.25, -0.2) is 0 Å². The number of ketones is 2. The summed E-state index contributed by atoms with van der Waals surface area (Å²) in [6, 6.07) is 19.3. The number of nitrogens with zero attached hydrogens (tertiary/aromatic N) is 1. The lowest BCUT2D eigenvalue weighted by molar-refractivity contribution is -0.117. The lowest BCUT2D eigenvalue weighted by Crippen LogP contribution is -2.30. The summed E-state index contributed by atoms with van der Waals surface area (Å²) in [6.45, 7) is 0.753. The molecule has 0 heterocycles. The molecule has 0 unspecified atom stereocenters. The topological polar surface area (TPSA) is 75.7 Å². The molecule has 0 saturated heterocycles. The maximum absolute atomic E-state index is 12.8. The molecule has 31 heavy (non-hydrogen) atoms. The maximum Gasteiger partial charge on any atom is 0.238 e. The van der Waals surface area contributed by atoms with Gasteiger partial charge in [0.05, 0.1) is 13.7 Å². The summed E-state index contributed by atoms with van der Waals surface area (Å²) in [5.41, 5.74) is 2.99. The average Bonchev–Trinajstić information content (AvgIpc) is 2.77. The summed E-state index contributed by atoms with van der Waals surface area (Å²) >= 11 is 0. The number of ether oxygens (including phenoxy) is 1. The van der Waals surface area contributed by atoms with Crippen LogP contribution in [-0.2, 0) is 11.3 Å². The van der Waals surface area contributed by atoms with Crippen LogP contribution < -0.4 is 10.1 Å². The Morgan fingerprint density at radius 2 is 1.55 bits per heavy atom. The van der Waals surface area contributed by atoms with E-state index < -0.39 is 0 Å². The van der Waals surface area contributed by atoms with Crippen LogP contribution in [0.4, 0.5) is 5.69 Å². The largest absolute Gasteiger partial charge is 0.497 e. The summed E-state index contributed by atoms with van der Waals surface area (Å²) in [6.07, 6.45) is 0. The number of nitrogens with one attached hydrogen (secondary N) is 1. The van der Waals surface area contributed by atoms with E-state index in [-0.39, 0.29) is 24.0 Å². The van der Waals surface area contributed by atoms with Gasteiger partial charge in [-0.15, -0.1) is 0 Å². The van der Waals surface area contributed by atoms with Crippen LogP contribution in [0.1, 0.15) is 37.4 Å². The molecule has 0 bridgehead atoms. The third-order valence-electron chi connectivity index (χ3n) is 5.21. The third kappa shape index (κ3) is 4.25. The number of fused-ring (bicyclic) bond motifs is 2. The molecule has 6 nitrogen and oxygen atoms in total. The third-order valence-corrected chi connectivity index (χ3v) is 5.21. The van der Waals surface area contributed by atoms with E-state index >= 15 is 0 Å². The average molecular weight is 414 g/mol. The van der Waals surface area contributed by atoms with Gasteiger partial charge in [0.15, 0.2) is 11.6 Å². The molecule has 0 radical (unpaired) electrons. The van der Waals surface area contributed by atoms with E-state index in [9.17, 15) is 14.4 Å². The Balaban J connectivity index is 1.44. The van der Waals surface area contributed by atoms with E-state index in [0.29, 0.717) is 34.5 Å². The second-order valence-electron chi connectivity index (χ2n) is 7.54. The number of anilines is 1. The van der Waals surface area contributed by atoms with Crippen LogP contribution in [0, 0.1) is 0 Å². The normalized spacial score (nSPS) is 12.4. The summed E-state index contributed by atoms with van der Waals surface area (Å²) in [4.78, 5) is 39.9. The molecule has 1 N–H and O–H groups in total. The Bertz CT molecular complexity index is 1190. The molecule has 156 valence electrons. The van der Waals surface area contributed by atoms with Gasteiger partial charge in [-0.3, -0.25) is 19.3 Å². The van der Waals surface area contributed by atoms with Crippen LogP contribution in [0.2, 0.25) is 0 Å². The number of rotatable bonds is 6. The van der Waals surface area contributed by atoms with Gasteiger partial charge >= 0.3 is 0 Å². The first-order chi connectivity index (χ1) is 15.0. The fourth-order valence-corrected chi connectivity index (χ4v) is 3.76. The fourth-order valence-electron chi connectivity index (χ4n) is 3.76. The zero-order valence-electron chi connectivity index (χ0n) is 17.3. The van der Waals surface area contributed by atoms with Crippen molar-refractivity contribution in [1.82, 2.24) is 4.90 Å². The molecule has 0 fully saturated rings. The second-order valence-corrected chi connectivity index (χ2v) is 7.54. The SMILES string of the molecule is COc1cccc(CN(C)CC(=O)Nc2ccc3c(c2)C(=O)c2ccccc2C3=O)c1. The van der Waals surface area contributed by atoms with E-state index in [0.717, 1.165) is 11.3 Å². The molecule has 3 aromatic carbocycles. The molecule has 0 aliphatic heterocycles. The van der Waals surface area contributed by atoms with Crippen molar-refractivity contribution < 1.29 is 19.1 Å². The smallest absolute Gasteiger partial charge is 0.238 e. The molecule has 1 aliphatic rings. The van der Waals surface area contributed by atoms with Crippen molar-refractivity contribution in [3.05, 3.63) is 94.5 Å². The first-order valence-electron chi connectivity index (χ1n) is 9.90. The number of methoxy groups -OCH3 is 1. The Labute approximate surface area is 180 Å². The number of carbonyl (C=O) groups is 3. The van der Waals surface area contributed by atoms with Crippen LogP contribution >= 0.6 is 0 Å². The molecule has 0 saturated carbocycles. The highest BCUT2D eigenvalue weighted by Gasteiger charge is 2.29. The molecule has 0 aromatic heterocycles. The van der Waals surface area contributed by atoms with Gasteiger partial charge in [0.2, 0.25) is 5.91 Å². The summed E-state index contributed by atoms with van der Waals surface area (Å²) in [7, 11) is 3.47. The summed E-state index contributed by atoms with van der Waals surface area (Å²) in [5, 5.41) is 2.82. The summed E-state index contributed by atoms with van der Waals surface area (Å²) in [5.74, 6) is 0.170. The predicted octanol–water partition coefficient (Wildman–Crippen LogP) is 3.54. The van der Waals surface area contributed by atoms with E-state index in [1.165, 1.54) is 0 Å². The van der Waals surface area contributed by atoms with Crippen molar-refractivity contribution in [1.29, 1.82) is 0 Å². The quantitative estimate of drug-likeness (QED) is 0.522. The molecule has 4 rings (SSSR count). The maximum atomic E-state index is 12.8. The Morgan fingerprint density at radius 3 is 2.26 bits per heavy atom. The molecule has 0 atom stereocenters. The van der Waals surface area contributed by atoms with Crippen LogP contribution in [0.25, 0.3) is 0 Å². The van der Waals surface area contributed by atoms with E-state index in [2.05, 4.69) is 5.32 Å². The van der Waals surface area contributed by atoms with Crippen molar-refractivity contribution in [3.63, 3.8) is 0 Å². The van der Waals surface area contributed by atoms with E-state index in [4.69, 9.17) is 4.74 Å². The highest BCUT2D eigenvalue weighted by Crippen LogP contribution is 2.29. The molecule has 6 heteroatoms. The fraction of sp³-hybridized carbons (Fsp3) is 0.160. The van der Waals surface area contributed by atoms with Crippen LogP contribution in [0.15, 0.2) is 66.7 Å². The lowest BCUT2D eigenvalue weighted by Gasteiger charge is -2.19. The van der Waals surface area contributed by atoms with Gasteiger partial charge in [-0.2, -0.15) is 0 Å². The van der Waals surface area contributed by atoms with Crippen LogP contribution in [0.3, 0.4) is 0 Å². The Kier molecular flexibility index (Phi) is 5.64. The lowest BCUT2D eigenvalue weighted by atomic mass is 9.84. The highest BCUT2D eigenvalue weighted by atomic mass is 16.5. The highest BCUT2D eigenvalue weighted by molar-refractivity contribution is 6.28. The molecule has 3 aromatic rings. The molecule has 1 aliphatic carbocycles. The monoisotopic (exact) mass is 414 g/mol.